The van der Waals surface area contributed by atoms with E-state index in [4.69, 9.17) is 10.5 Å². The van der Waals surface area contributed by atoms with Gasteiger partial charge in [-0.25, -0.2) is 0 Å². The van der Waals surface area contributed by atoms with Gasteiger partial charge in [-0.1, -0.05) is 12.1 Å². The summed E-state index contributed by atoms with van der Waals surface area (Å²) in [6.07, 6.45) is 0. The Hall–Kier alpha value is -2.77. The molecular weight excluding hydrogens is 334 g/mol. The molecule has 2 amide bonds. The maximum atomic E-state index is 12.0. The Morgan fingerprint density at radius 3 is 2.58 bits per heavy atom. The first-order chi connectivity index (χ1) is 12.1. The molecule has 0 aliphatic carbocycles. The third kappa shape index (κ3) is 8.36. The van der Waals surface area contributed by atoms with Crippen LogP contribution in [-0.4, -0.2) is 55.5 Å². The summed E-state index contributed by atoms with van der Waals surface area (Å²) in [5.41, 5.74) is 5.74. The van der Waals surface area contributed by atoms with Gasteiger partial charge in [0.05, 0.1) is 6.54 Å². The first-order valence-electron chi connectivity index (χ1n) is 8.33. The van der Waals surface area contributed by atoms with Gasteiger partial charge in [0.15, 0.2) is 12.6 Å². The summed E-state index contributed by atoms with van der Waals surface area (Å²) >= 11 is 0. The lowest BCUT2D eigenvalue weighted by molar-refractivity contribution is -0.122. The van der Waals surface area contributed by atoms with Crippen molar-refractivity contribution in [2.45, 2.75) is 32.9 Å². The van der Waals surface area contributed by atoms with Crippen LogP contribution in [0.3, 0.4) is 0 Å². The zero-order chi connectivity index (χ0) is 19.7. The number of hydrogen-bond acceptors (Lipinski definition) is 4. The minimum atomic E-state index is -0.524. The van der Waals surface area contributed by atoms with Crippen LogP contribution in [0.4, 0.5) is 0 Å². The molecule has 1 rings (SSSR count). The second-order valence-corrected chi connectivity index (χ2v) is 6.96. The second-order valence-electron chi connectivity index (χ2n) is 6.96. The van der Waals surface area contributed by atoms with E-state index >= 15 is 0 Å². The highest BCUT2D eigenvalue weighted by Gasteiger charge is 2.16. The number of nitrogens with one attached hydrogen (secondary N) is 2. The molecule has 0 spiro atoms. The predicted octanol–water partition coefficient (Wildman–Crippen LogP) is 0.473. The lowest BCUT2D eigenvalue weighted by Gasteiger charge is -2.25. The van der Waals surface area contributed by atoms with Crippen molar-refractivity contribution in [3.05, 3.63) is 29.8 Å². The normalized spacial score (nSPS) is 11.7. The Bertz CT molecular complexity index is 652. The number of benzene rings is 1. The van der Waals surface area contributed by atoms with Gasteiger partial charge in [-0.15, -0.1) is 0 Å². The highest BCUT2D eigenvalue weighted by molar-refractivity contribution is 5.86. The Kier molecular flexibility index (Phi) is 7.89. The number of primary amides is 1. The van der Waals surface area contributed by atoms with E-state index in [0.717, 1.165) is 5.56 Å². The standard InChI is InChI=1S/C18H29N5O3/c1-18(2,3)22-16(25)11-23(5)17(20-4)21-10-13-7-6-8-14(9-13)26-12-15(19)24/h6-9H,10-12H2,1-5H3,(H2,19,24)(H,20,21)(H,22,25). The summed E-state index contributed by atoms with van der Waals surface area (Å²) in [6.45, 7) is 6.33. The molecule has 4 N–H and O–H groups in total. The number of likely N-dealkylation sites (N-methyl/N-ethyl adjacent to an activating group) is 1. The molecule has 144 valence electrons. The van der Waals surface area contributed by atoms with Crippen molar-refractivity contribution in [2.75, 3.05) is 27.2 Å². The summed E-state index contributed by atoms with van der Waals surface area (Å²) < 4.78 is 5.29. The largest absolute Gasteiger partial charge is 0.484 e. The number of nitrogens with two attached hydrogens (primary N) is 1. The molecule has 0 radical (unpaired) electrons. The van der Waals surface area contributed by atoms with Crippen LogP contribution in [0.15, 0.2) is 29.3 Å². The first kappa shape index (κ1) is 21.3. The predicted molar refractivity (Wildman–Crippen MR) is 102 cm³/mol. The summed E-state index contributed by atoms with van der Waals surface area (Å²) in [5, 5.41) is 6.11. The van der Waals surface area contributed by atoms with E-state index in [0.29, 0.717) is 18.3 Å². The fourth-order valence-electron chi connectivity index (χ4n) is 2.21. The van der Waals surface area contributed by atoms with Crippen molar-refractivity contribution in [1.29, 1.82) is 0 Å². The number of hydrogen-bond donors (Lipinski definition) is 3. The van der Waals surface area contributed by atoms with Crippen LogP contribution in [0.25, 0.3) is 0 Å². The highest BCUT2D eigenvalue weighted by Crippen LogP contribution is 2.13. The maximum Gasteiger partial charge on any atom is 0.255 e. The van der Waals surface area contributed by atoms with E-state index < -0.39 is 5.91 Å². The molecule has 0 aliphatic rings. The minimum Gasteiger partial charge on any atom is -0.484 e. The highest BCUT2D eigenvalue weighted by atomic mass is 16.5. The molecule has 26 heavy (non-hydrogen) atoms. The quantitative estimate of drug-likeness (QED) is 0.482. The third-order valence-electron chi connectivity index (χ3n) is 3.20. The lowest BCUT2D eigenvalue weighted by Crippen LogP contribution is -2.48. The number of carbonyl (C=O) groups is 2. The molecular formula is C18H29N5O3. The molecule has 0 aliphatic heterocycles. The Labute approximate surface area is 154 Å². The molecule has 0 fully saturated rings. The third-order valence-corrected chi connectivity index (χ3v) is 3.20. The van der Waals surface area contributed by atoms with Gasteiger partial charge in [0.25, 0.3) is 5.91 Å². The van der Waals surface area contributed by atoms with E-state index in [1.165, 1.54) is 0 Å². The molecule has 1 aromatic rings. The lowest BCUT2D eigenvalue weighted by atomic mass is 10.1. The zero-order valence-corrected chi connectivity index (χ0v) is 16.1. The molecule has 0 bridgehead atoms. The van der Waals surface area contributed by atoms with Crippen LogP contribution < -0.4 is 21.1 Å². The molecule has 0 heterocycles. The fraction of sp³-hybridized carbons (Fsp3) is 0.500. The number of guanidine groups is 1. The summed E-state index contributed by atoms with van der Waals surface area (Å²) in [4.78, 5) is 28.8. The average Bonchev–Trinajstić information content (AvgIpc) is 2.52. The van der Waals surface area contributed by atoms with Gasteiger partial charge >= 0.3 is 0 Å². The van der Waals surface area contributed by atoms with Gasteiger partial charge in [-0.05, 0) is 38.5 Å². The number of aliphatic imine (C=N–C) groups is 1. The molecule has 8 heteroatoms. The molecule has 0 atom stereocenters. The number of carbonyl (C=O) groups excluding carboxylic acids is 2. The molecule has 0 saturated carbocycles. The number of ether oxygens (including phenoxy) is 1. The Morgan fingerprint density at radius 1 is 1.31 bits per heavy atom. The molecule has 8 nitrogen and oxygen atoms in total. The first-order valence-corrected chi connectivity index (χ1v) is 8.33. The van der Waals surface area contributed by atoms with Gasteiger partial charge in [0.2, 0.25) is 5.91 Å². The monoisotopic (exact) mass is 363 g/mol. The van der Waals surface area contributed by atoms with Crippen molar-refractivity contribution in [3.63, 3.8) is 0 Å². The van der Waals surface area contributed by atoms with Crippen molar-refractivity contribution in [1.82, 2.24) is 15.5 Å². The second kappa shape index (κ2) is 9.65. The van der Waals surface area contributed by atoms with Crippen LogP contribution in [-0.2, 0) is 16.1 Å². The van der Waals surface area contributed by atoms with Crippen LogP contribution in [0.2, 0.25) is 0 Å². The smallest absolute Gasteiger partial charge is 0.255 e. The average molecular weight is 363 g/mol. The Balaban J connectivity index is 2.59. The van der Waals surface area contributed by atoms with Gasteiger partial charge in [-0.2, -0.15) is 0 Å². The summed E-state index contributed by atoms with van der Waals surface area (Å²) in [6, 6.07) is 7.32. The van der Waals surface area contributed by atoms with E-state index in [-0.39, 0.29) is 24.6 Å². The van der Waals surface area contributed by atoms with Crippen molar-refractivity contribution in [2.24, 2.45) is 10.7 Å². The molecule has 1 aromatic carbocycles. The zero-order valence-electron chi connectivity index (χ0n) is 16.1. The van der Waals surface area contributed by atoms with E-state index in [1.54, 1.807) is 25.1 Å². The molecule has 0 saturated heterocycles. The van der Waals surface area contributed by atoms with Crippen LogP contribution in [0.1, 0.15) is 26.3 Å². The van der Waals surface area contributed by atoms with Crippen LogP contribution >= 0.6 is 0 Å². The van der Waals surface area contributed by atoms with Crippen LogP contribution in [0, 0.1) is 0 Å². The topological polar surface area (TPSA) is 109 Å². The SMILES string of the molecule is CN=C(NCc1cccc(OCC(N)=O)c1)N(C)CC(=O)NC(C)(C)C. The van der Waals surface area contributed by atoms with Gasteiger partial charge < -0.3 is 26.0 Å². The molecule has 0 unspecified atom stereocenters. The summed E-state index contributed by atoms with van der Waals surface area (Å²) in [5.74, 6) is 0.558. The van der Waals surface area contributed by atoms with Gasteiger partial charge in [0.1, 0.15) is 5.75 Å². The van der Waals surface area contributed by atoms with Crippen molar-refractivity contribution in [3.8, 4) is 5.75 Å². The van der Waals surface area contributed by atoms with Crippen LogP contribution in [0.5, 0.6) is 5.75 Å². The number of rotatable bonds is 7. The van der Waals surface area contributed by atoms with Gasteiger partial charge in [-0.3, -0.25) is 14.6 Å². The van der Waals surface area contributed by atoms with Crippen molar-refractivity contribution < 1.29 is 14.3 Å². The summed E-state index contributed by atoms with van der Waals surface area (Å²) in [7, 11) is 3.46. The van der Waals surface area contributed by atoms with E-state index in [1.807, 2.05) is 39.0 Å². The number of nitrogens with zero attached hydrogens (tertiary/aromatic N) is 2. The molecule has 0 aromatic heterocycles. The Morgan fingerprint density at radius 2 is 2.00 bits per heavy atom. The van der Waals surface area contributed by atoms with Gasteiger partial charge in [0, 0.05) is 26.2 Å². The van der Waals surface area contributed by atoms with E-state index in [2.05, 4.69) is 15.6 Å². The van der Waals surface area contributed by atoms with E-state index in [9.17, 15) is 9.59 Å². The fourth-order valence-corrected chi connectivity index (χ4v) is 2.21. The maximum absolute atomic E-state index is 12.0. The van der Waals surface area contributed by atoms with Crippen molar-refractivity contribution >= 4 is 17.8 Å². The minimum absolute atomic E-state index is 0.0789. The number of amides is 2.